The highest BCUT2D eigenvalue weighted by molar-refractivity contribution is 5.94. The number of benzene rings is 1. The molecule has 10 heteroatoms. The van der Waals surface area contributed by atoms with Gasteiger partial charge >= 0.3 is 0 Å². The number of H-pyrrole nitrogens is 1. The molecule has 4 aromatic rings. The predicted octanol–water partition coefficient (Wildman–Crippen LogP) is 0.966. The number of hydrogen-bond acceptors (Lipinski definition) is 6. The standard InChI is InChI=1S/C19H19N9O/c1-26-8-15(6-23-26)16-9-27(10-17-18(16)21-11-20-17)19(29)14-4-2-13(3-5-14)7-28-12-22-24-25-28/h2-6,8,11-12,16H,7,9-10H2,1H3,(H,20,21). The molecule has 0 saturated heterocycles. The highest BCUT2D eigenvalue weighted by Gasteiger charge is 2.32. The van der Waals surface area contributed by atoms with Gasteiger partial charge in [0.2, 0.25) is 0 Å². The molecule has 0 radical (unpaired) electrons. The first kappa shape index (κ1) is 17.3. The molecule has 0 spiro atoms. The van der Waals surface area contributed by atoms with E-state index < -0.39 is 0 Å². The van der Waals surface area contributed by atoms with Crippen LogP contribution < -0.4 is 0 Å². The lowest BCUT2D eigenvalue weighted by Crippen LogP contribution is -2.38. The monoisotopic (exact) mass is 389 g/mol. The van der Waals surface area contributed by atoms with Crippen molar-refractivity contribution in [1.82, 2.24) is 44.9 Å². The van der Waals surface area contributed by atoms with E-state index in [4.69, 9.17) is 0 Å². The highest BCUT2D eigenvalue weighted by atomic mass is 16.2. The normalized spacial score (nSPS) is 16.0. The Morgan fingerprint density at radius 2 is 2.14 bits per heavy atom. The van der Waals surface area contributed by atoms with E-state index in [1.54, 1.807) is 22.0 Å². The average Bonchev–Trinajstić information content (AvgIpc) is 3.49. The van der Waals surface area contributed by atoms with Crippen LogP contribution in [0.15, 0.2) is 49.3 Å². The van der Waals surface area contributed by atoms with Crippen LogP contribution in [0.2, 0.25) is 0 Å². The molecule has 1 amide bonds. The zero-order valence-corrected chi connectivity index (χ0v) is 15.8. The van der Waals surface area contributed by atoms with Crippen LogP contribution in [0.3, 0.4) is 0 Å². The molecular weight excluding hydrogens is 370 g/mol. The van der Waals surface area contributed by atoms with Gasteiger partial charge in [-0.3, -0.25) is 9.48 Å². The third-order valence-electron chi connectivity index (χ3n) is 5.18. The molecule has 0 fully saturated rings. The lowest BCUT2D eigenvalue weighted by atomic mass is 9.92. The zero-order valence-electron chi connectivity index (χ0n) is 15.8. The summed E-state index contributed by atoms with van der Waals surface area (Å²) < 4.78 is 3.41. The lowest BCUT2D eigenvalue weighted by Gasteiger charge is -2.31. The first-order chi connectivity index (χ1) is 14.2. The van der Waals surface area contributed by atoms with Gasteiger partial charge in [-0.1, -0.05) is 12.1 Å². The van der Waals surface area contributed by atoms with E-state index in [1.807, 2.05) is 48.6 Å². The van der Waals surface area contributed by atoms with Crippen LogP contribution in [-0.2, 0) is 20.1 Å². The number of amides is 1. The Labute approximate surface area is 166 Å². The van der Waals surface area contributed by atoms with Crippen LogP contribution >= 0.6 is 0 Å². The summed E-state index contributed by atoms with van der Waals surface area (Å²) >= 11 is 0. The molecule has 1 unspecified atom stereocenters. The Bertz CT molecular complexity index is 1130. The maximum absolute atomic E-state index is 13.2. The largest absolute Gasteiger partial charge is 0.347 e. The summed E-state index contributed by atoms with van der Waals surface area (Å²) in [5.74, 6) is -0.00477. The number of carbonyl (C=O) groups excluding carboxylic acids is 1. The van der Waals surface area contributed by atoms with Crippen molar-refractivity contribution in [1.29, 1.82) is 0 Å². The first-order valence-electron chi connectivity index (χ1n) is 9.27. The first-order valence-corrected chi connectivity index (χ1v) is 9.27. The molecule has 0 saturated carbocycles. The number of aromatic amines is 1. The van der Waals surface area contributed by atoms with Crippen LogP contribution in [0.1, 0.15) is 38.8 Å². The fraction of sp³-hybridized carbons (Fsp3) is 0.263. The van der Waals surface area contributed by atoms with Gasteiger partial charge in [-0.05, 0) is 28.1 Å². The van der Waals surface area contributed by atoms with E-state index in [9.17, 15) is 4.79 Å². The van der Waals surface area contributed by atoms with Gasteiger partial charge in [0.15, 0.2) is 0 Å². The molecule has 146 valence electrons. The van der Waals surface area contributed by atoms with Gasteiger partial charge < -0.3 is 9.88 Å². The van der Waals surface area contributed by atoms with Crippen LogP contribution in [0.5, 0.6) is 0 Å². The summed E-state index contributed by atoms with van der Waals surface area (Å²) in [4.78, 5) is 22.7. The molecule has 1 aliphatic heterocycles. The molecule has 1 aliphatic rings. The minimum Gasteiger partial charge on any atom is -0.347 e. The summed E-state index contributed by atoms with van der Waals surface area (Å²) in [5, 5.41) is 15.4. The maximum atomic E-state index is 13.2. The Morgan fingerprint density at radius 1 is 1.28 bits per heavy atom. The number of aromatic nitrogens is 8. The number of nitrogens with one attached hydrogen (secondary N) is 1. The molecule has 0 bridgehead atoms. The number of nitrogens with zero attached hydrogens (tertiary/aromatic N) is 8. The zero-order chi connectivity index (χ0) is 19.8. The van der Waals surface area contributed by atoms with Gasteiger partial charge in [0.05, 0.1) is 37.0 Å². The summed E-state index contributed by atoms with van der Waals surface area (Å²) in [5.41, 5.74) is 4.68. The van der Waals surface area contributed by atoms with Crippen LogP contribution in [0, 0.1) is 0 Å². The van der Waals surface area contributed by atoms with Crippen LogP contribution in [0.4, 0.5) is 0 Å². The minimum absolute atomic E-state index is 0.00161. The van der Waals surface area contributed by atoms with Crippen molar-refractivity contribution in [3.8, 4) is 0 Å². The van der Waals surface area contributed by atoms with E-state index in [0.717, 1.165) is 22.5 Å². The molecule has 10 nitrogen and oxygen atoms in total. The third kappa shape index (κ3) is 3.28. The van der Waals surface area contributed by atoms with E-state index >= 15 is 0 Å². The second-order valence-electron chi connectivity index (χ2n) is 7.16. The third-order valence-corrected chi connectivity index (χ3v) is 5.18. The fourth-order valence-electron chi connectivity index (χ4n) is 3.73. The average molecular weight is 389 g/mol. The number of imidazole rings is 1. The van der Waals surface area contributed by atoms with Crippen molar-refractivity contribution in [3.63, 3.8) is 0 Å². The van der Waals surface area contributed by atoms with Gasteiger partial charge in [-0.25, -0.2) is 9.67 Å². The van der Waals surface area contributed by atoms with Gasteiger partial charge in [0.25, 0.3) is 5.91 Å². The molecular formula is C19H19N9O. The van der Waals surface area contributed by atoms with Gasteiger partial charge in [0, 0.05) is 36.8 Å². The fourth-order valence-corrected chi connectivity index (χ4v) is 3.73. The van der Waals surface area contributed by atoms with Crippen LogP contribution in [-0.4, -0.2) is 57.3 Å². The van der Waals surface area contributed by atoms with Crippen molar-refractivity contribution in [2.45, 2.75) is 19.0 Å². The van der Waals surface area contributed by atoms with Gasteiger partial charge in [0.1, 0.15) is 6.33 Å². The Morgan fingerprint density at radius 3 is 2.86 bits per heavy atom. The topological polar surface area (TPSA) is 110 Å². The number of hydrogen-bond donors (Lipinski definition) is 1. The number of rotatable bonds is 4. The molecule has 29 heavy (non-hydrogen) atoms. The van der Waals surface area contributed by atoms with Crippen molar-refractivity contribution in [2.24, 2.45) is 7.05 Å². The van der Waals surface area contributed by atoms with Crippen molar-refractivity contribution < 1.29 is 4.79 Å². The smallest absolute Gasteiger partial charge is 0.254 e. The molecule has 0 aliphatic carbocycles. The van der Waals surface area contributed by atoms with Crippen LogP contribution in [0.25, 0.3) is 0 Å². The minimum atomic E-state index is -0.00638. The Kier molecular flexibility index (Phi) is 4.15. The summed E-state index contributed by atoms with van der Waals surface area (Å²) in [6, 6.07) is 7.56. The molecule has 5 rings (SSSR count). The van der Waals surface area contributed by atoms with Crippen molar-refractivity contribution in [2.75, 3.05) is 6.54 Å². The molecule has 4 heterocycles. The SMILES string of the molecule is Cn1cc(C2CN(C(=O)c3ccc(Cn4cnnn4)cc3)Cc3[nH]cnc32)cn1. The van der Waals surface area contributed by atoms with E-state index in [1.165, 1.54) is 0 Å². The Balaban J connectivity index is 1.37. The van der Waals surface area contributed by atoms with E-state index in [-0.39, 0.29) is 11.8 Å². The second kappa shape index (κ2) is 6.97. The molecule has 1 N–H and O–H groups in total. The van der Waals surface area contributed by atoms with Gasteiger partial charge in [-0.2, -0.15) is 5.10 Å². The molecule has 3 aromatic heterocycles. The molecule has 1 aromatic carbocycles. The quantitative estimate of drug-likeness (QED) is 0.557. The number of tetrazole rings is 1. The number of aryl methyl sites for hydroxylation is 1. The van der Waals surface area contributed by atoms with Crippen molar-refractivity contribution in [3.05, 3.63) is 77.4 Å². The van der Waals surface area contributed by atoms with E-state index in [2.05, 4.69) is 30.6 Å². The number of carbonyl (C=O) groups is 1. The van der Waals surface area contributed by atoms with Gasteiger partial charge in [-0.15, -0.1) is 5.10 Å². The Hall–Kier alpha value is -3.82. The number of fused-ring (bicyclic) bond motifs is 1. The highest BCUT2D eigenvalue weighted by Crippen LogP contribution is 2.32. The summed E-state index contributed by atoms with van der Waals surface area (Å²) in [6.45, 7) is 1.64. The predicted molar refractivity (Wildman–Crippen MR) is 102 cm³/mol. The summed E-state index contributed by atoms with van der Waals surface area (Å²) in [7, 11) is 1.89. The van der Waals surface area contributed by atoms with E-state index in [0.29, 0.717) is 25.2 Å². The van der Waals surface area contributed by atoms with Crippen molar-refractivity contribution >= 4 is 5.91 Å². The lowest BCUT2D eigenvalue weighted by molar-refractivity contribution is 0.0722. The maximum Gasteiger partial charge on any atom is 0.254 e. The summed E-state index contributed by atoms with van der Waals surface area (Å²) in [6.07, 6.45) is 7.07. The second-order valence-corrected chi connectivity index (χ2v) is 7.16. The molecule has 1 atom stereocenters.